The van der Waals surface area contributed by atoms with Crippen LogP contribution in [0.15, 0.2) is 4.99 Å². The lowest BCUT2D eigenvalue weighted by molar-refractivity contribution is 0.0195. The van der Waals surface area contributed by atoms with Crippen molar-refractivity contribution in [1.82, 2.24) is 15.1 Å². The van der Waals surface area contributed by atoms with Gasteiger partial charge in [-0.3, -0.25) is 9.89 Å². The Labute approximate surface area is 151 Å². The van der Waals surface area contributed by atoms with Crippen LogP contribution in [-0.2, 0) is 4.74 Å². The van der Waals surface area contributed by atoms with Gasteiger partial charge in [0.15, 0.2) is 5.96 Å². The van der Waals surface area contributed by atoms with Gasteiger partial charge in [0.1, 0.15) is 0 Å². The first-order valence-electron chi connectivity index (χ1n) is 8.72. The maximum Gasteiger partial charge on any atom is 0.193 e. The number of hydrogen-bond acceptors (Lipinski definition) is 3. The Morgan fingerprint density at radius 3 is 2.59 bits per heavy atom. The highest BCUT2D eigenvalue weighted by atomic mass is 127. The van der Waals surface area contributed by atoms with Crippen LogP contribution in [0.5, 0.6) is 0 Å². The van der Waals surface area contributed by atoms with E-state index in [0.717, 1.165) is 64.4 Å². The van der Waals surface area contributed by atoms with Crippen LogP contribution in [0.3, 0.4) is 0 Å². The van der Waals surface area contributed by atoms with Crippen LogP contribution < -0.4 is 5.32 Å². The van der Waals surface area contributed by atoms with E-state index >= 15 is 0 Å². The summed E-state index contributed by atoms with van der Waals surface area (Å²) in [4.78, 5) is 9.94. The molecule has 3 aliphatic rings. The molecule has 1 N–H and O–H groups in total. The SMILES string of the molecule is CCNC(=NCC1CCC1)N1CCC(N2CCOCC2)C1.I. The van der Waals surface area contributed by atoms with E-state index in [1.54, 1.807) is 0 Å². The molecule has 1 unspecified atom stereocenters. The Morgan fingerprint density at radius 2 is 1.95 bits per heavy atom. The van der Waals surface area contributed by atoms with Crippen molar-refractivity contribution in [3.8, 4) is 0 Å². The molecule has 6 heteroatoms. The van der Waals surface area contributed by atoms with E-state index in [4.69, 9.17) is 9.73 Å². The average Bonchev–Trinajstić information content (AvgIpc) is 2.95. The van der Waals surface area contributed by atoms with Crippen molar-refractivity contribution in [2.75, 3.05) is 52.5 Å². The number of nitrogens with zero attached hydrogens (tertiary/aromatic N) is 3. The maximum absolute atomic E-state index is 5.46. The lowest BCUT2D eigenvalue weighted by Gasteiger charge is -2.32. The zero-order valence-electron chi connectivity index (χ0n) is 13.8. The smallest absolute Gasteiger partial charge is 0.193 e. The first-order valence-corrected chi connectivity index (χ1v) is 8.72. The standard InChI is InChI=1S/C16H30N4O.HI/c1-2-17-16(18-12-14-4-3-5-14)20-7-6-15(13-20)19-8-10-21-11-9-19;/h14-15H,2-13H2,1H3,(H,17,18);1H. The minimum Gasteiger partial charge on any atom is -0.379 e. The minimum absolute atomic E-state index is 0. The second kappa shape index (κ2) is 9.27. The Kier molecular flexibility index (Phi) is 7.70. The number of aliphatic imine (C=N–C) groups is 1. The molecule has 3 fully saturated rings. The van der Waals surface area contributed by atoms with Gasteiger partial charge in [0.05, 0.1) is 13.2 Å². The molecule has 3 rings (SSSR count). The van der Waals surface area contributed by atoms with Crippen LogP contribution in [0.4, 0.5) is 0 Å². The van der Waals surface area contributed by atoms with Gasteiger partial charge in [0.2, 0.25) is 0 Å². The molecule has 0 bridgehead atoms. The molecule has 22 heavy (non-hydrogen) atoms. The summed E-state index contributed by atoms with van der Waals surface area (Å²) in [7, 11) is 0. The average molecular weight is 422 g/mol. The fraction of sp³-hybridized carbons (Fsp3) is 0.938. The van der Waals surface area contributed by atoms with Gasteiger partial charge in [0.25, 0.3) is 0 Å². The van der Waals surface area contributed by atoms with Gasteiger partial charge < -0.3 is 15.0 Å². The van der Waals surface area contributed by atoms with Crippen LogP contribution >= 0.6 is 24.0 Å². The summed E-state index contributed by atoms with van der Waals surface area (Å²) < 4.78 is 5.46. The van der Waals surface area contributed by atoms with E-state index < -0.39 is 0 Å². The van der Waals surface area contributed by atoms with Crippen LogP contribution in [-0.4, -0.2) is 74.3 Å². The number of halogens is 1. The first-order chi connectivity index (χ1) is 10.4. The Hall–Kier alpha value is -0.0800. The van der Waals surface area contributed by atoms with Crippen molar-refractivity contribution < 1.29 is 4.74 Å². The van der Waals surface area contributed by atoms with E-state index in [9.17, 15) is 0 Å². The molecule has 2 heterocycles. The first kappa shape index (κ1) is 18.3. The third kappa shape index (κ3) is 4.71. The monoisotopic (exact) mass is 422 g/mol. The van der Waals surface area contributed by atoms with Crippen molar-refractivity contribution in [3.63, 3.8) is 0 Å². The van der Waals surface area contributed by atoms with E-state index in [1.807, 2.05) is 0 Å². The Morgan fingerprint density at radius 1 is 1.18 bits per heavy atom. The van der Waals surface area contributed by atoms with Crippen LogP contribution in [0.1, 0.15) is 32.6 Å². The van der Waals surface area contributed by atoms with Gasteiger partial charge in [-0.05, 0) is 32.1 Å². The summed E-state index contributed by atoms with van der Waals surface area (Å²) in [6.07, 6.45) is 5.41. The predicted molar refractivity (Wildman–Crippen MR) is 101 cm³/mol. The highest BCUT2D eigenvalue weighted by molar-refractivity contribution is 14.0. The molecule has 0 aromatic rings. The molecular formula is C16H31IN4O. The fourth-order valence-corrected chi connectivity index (χ4v) is 3.49. The molecule has 0 spiro atoms. The summed E-state index contributed by atoms with van der Waals surface area (Å²) >= 11 is 0. The van der Waals surface area contributed by atoms with Gasteiger partial charge in [0, 0.05) is 45.3 Å². The number of hydrogen-bond donors (Lipinski definition) is 1. The molecule has 0 amide bonds. The molecular weight excluding hydrogens is 391 g/mol. The van der Waals surface area contributed by atoms with Crippen LogP contribution in [0.25, 0.3) is 0 Å². The molecule has 5 nitrogen and oxygen atoms in total. The van der Waals surface area contributed by atoms with Gasteiger partial charge in [-0.15, -0.1) is 24.0 Å². The highest BCUT2D eigenvalue weighted by Gasteiger charge is 2.30. The number of rotatable bonds is 4. The molecule has 2 saturated heterocycles. The summed E-state index contributed by atoms with van der Waals surface area (Å²) in [5.74, 6) is 1.98. The molecule has 1 atom stereocenters. The molecule has 0 aromatic heterocycles. The van der Waals surface area contributed by atoms with E-state index in [2.05, 4.69) is 22.0 Å². The molecule has 0 aromatic carbocycles. The van der Waals surface area contributed by atoms with Crippen molar-refractivity contribution >= 4 is 29.9 Å². The highest BCUT2D eigenvalue weighted by Crippen LogP contribution is 2.26. The number of ether oxygens (including phenoxy) is 1. The summed E-state index contributed by atoms with van der Waals surface area (Å²) in [6, 6.07) is 0.682. The Bertz CT molecular complexity index is 356. The van der Waals surface area contributed by atoms with Crippen LogP contribution in [0, 0.1) is 5.92 Å². The number of morpholine rings is 1. The molecule has 0 radical (unpaired) electrons. The summed E-state index contributed by atoms with van der Waals surface area (Å²) in [5, 5.41) is 3.48. The molecule has 1 saturated carbocycles. The lowest BCUT2D eigenvalue weighted by Crippen LogP contribution is -2.46. The number of guanidine groups is 1. The normalized spacial score (nSPS) is 27.4. The van der Waals surface area contributed by atoms with Gasteiger partial charge in [-0.25, -0.2) is 0 Å². The van der Waals surface area contributed by atoms with Crippen molar-refractivity contribution in [2.45, 2.75) is 38.6 Å². The van der Waals surface area contributed by atoms with Crippen LogP contribution in [0.2, 0.25) is 0 Å². The predicted octanol–water partition coefficient (Wildman–Crippen LogP) is 1.78. The largest absolute Gasteiger partial charge is 0.379 e. The topological polar surface area (TPSA) is 40.1 Å². The molecule has 2 aliphatic heterocycles. The van der Waals surface area contributed by atoms with E-state index in [0.29, 0.717) is 6.04 Å². The second-order valence-electron chi connectivity index (χ2n) is 6.53. The number of likely N-dealkylation sites (tertiary alicyclic amines) is 1. The summed E-state index contributed by atoms with van der Waals surface area (Å²) in [5.41, 5.74) is 0. The zero-order chi connectivity index (χ0) is 14.5. The molecule has 1 aliphatic carbocycles. The van der Waals surface area contributed by atoms with Gasteiger partial charge in [-0.1, -0.05) is 6.42 Å². The zero-order valence-corrected chi connectivity index (χ0v) is 16.1. The quantitative estimate of drug-likeness (QED) is 0.426. The Balaban J connectivity index is 0.00000176. The van der Waals surface area contributed by atoms with Crippen molar-refractivity contribution in [2.24, 2.45) is 10.9 Å². The van der Waals surface area contributed by atoms with Crippen molar-refractivity contribution in [3.05, 3.63) is 0 Å². The van der Waals surface area contributed by atoms with Gasteiger partial charge in [-0.2, -0.15) is 0 Å². The van der Waals surface area contributed by atoms with E-state index in [1.165, 1.54) is 25.7 Å². The lowest BCUT2D eigenvalue weighted by atomic mass is 9.86. The van der Waals surface area contributed by atoms with Gasteiger partial charge >= 0.3 is 0 Å². The number of nitrogens with one attached hydrogen (secondary N) is 1. The third-order valence-electron chi connectivity index (χ3n) is 5.08. The van der Waals surface area contributed by atoms with Crippen molar-refractivity contribution in [1.29, 1.82) is 0 Å². The summed E-state index contributed by atoms with van der Waals surface area (Å²) in [6.45, 7) is 10.4. The van der Waals surface area contributed by atoms with E-state index in [-0.39, 0.29) is 24.0 Å². The third-order valence-corrected chi connectivity index (χ3v) is 5.08. The fourth-order valence-electron chi connectivity index (χ4n) is 3.49. The maximum atomic E-state index is 5.46. The molecule has 128 valence electrons. The second-order valence-corrected chi connectivity index (χ2v) is 6.53. The minimum atomic E-state index is 0.